The molecule has 0 amide bonds. The van der Waals surface area contributed by atoms with Gasteiger partial charge in [0.2, 0.25) is 0 Å². The number of nitrogens with one attached hydrogen (secondary N) is 1. The molecule has 0 atom stereocenters. The van der Waals surface area contributed by atoms with Gasteiger partial charge in [0.05, 0.1) is 23.8 Å². The number of nitrogens with zero attached hydrogens (tertiary/aromatic N) is 1. The summed E-state index contributed by atoms with van der Waals surface area (Å²) in [4.78, 5) is 13.6. The van der Waals surface area contributed by atoms with Crippen molar-refractivity contribution in [3.05, 3.63) is 54.1 Å². The Morgan fingerprint density at radius 2 is 1.76 bits per heavy atom. The Morgan fingerprint density at radius 1 is 1.08 bits per heavy atom. The highest BCUT2D eigenvalue weighted by atomic mass is 32.2. The van der Waals surface area contributed by atoms with Crippen molar-refractivity contribution in [2.75, 3.05) is 35.9 Å². The SMILES string of the molecule is CC(=O)c1ccc(S(=O)(=O)Nc2cccc(N3CCOCC3)c2)cc1. The summed E-state index contributed by atoms with van der Waals surface area (Å²) in [6.07, 6.45) is 0. The largest absolute Gasteiger partial charge is 0.378 e. The standard InChI is InChI=1S/C18H20N2O4S/c1-14(21)15-5-7-18(8-6-15)25(22,23)19-16-3-2-4-17(13-16)20-9-11-24-12-10-20/h2-8,13,19H,9-12H2,1H3. The first-order chi connectivity index (χ1) is 12.0. The van der Waals surface area contributed by atoms with E-state index in [-0.39, 0.29) is 10.7 Å². The van der Waals surface area contributed by atoms with Crippen LogP contribution in [0.25, 0.3) is 0 Å². The highest BCUT2D eigenvalue weighted by Crippen LogP contribution is 2.23. The molecule has 25 heavy (non-hydrogen) atoms. The number of anilines is 2. The Morgan fingerprint density at radius 3 is 2.40 bits per heavy atom. The molecule has 0 bridgehead atoms. The lowest BCUT2D eigenvalue weighted by atomic mass is 10.2. The van der Waals surface area contributed by atoms with E-state index in [1.807, 2.05) is 18.2 Å². The monoisotopic (exact) mass is 360 g/mol. The van der Waals surface area contributed by atoms with E-state index in [1.54, 1.807) is 6.07 Å². The van der Waals surface area contributed by atoms with Crippen LogP contribution >= 0.6 is 0 Å². The van der Waals surface area contributed by atoms with Gasteiger partial charge >= 0.3 is 0 Å². The van der Waals surface area contributed by atoms with Crippen LogP contribution in [-0.4, -0.2) is 40.5 Å². The van der Waals surface area contributed by atoms with Gasteiger partial charge in [-0.1, -0.05) is 18.2 Å². The number of carbonyl (C=O) groups excluding carboxylic acids is 1. The zero-order valence-corrected chi connectivity index (χ0v) is 14.8. The molecule has 2 aromatic carbocycles. The van der Waals surface area contributed by atoms with Crippen LogP contribution in [0.3, 0.4) is 0 Å². The third-order valence-electron chi connectivity index (χ3n) is 4.05. The smallest absolute Gasteiger partial charge is 0.261 e. The molecular weight excluding hydrogens is 340 g/mol. The van der Waals surface area contributed by atoms with Crippen molar-refractivity contribution in [3.8, 4) is 0 Å². The van der Waals surface area contributed by atoms with E-state index in [4.69, 9.17) is 4.74 Å². The molecule has 1 aliphatic heterocycles. The van der Waals surface area contributed by atoms with E-state index in [0.29, 0.717) is 24.5 Å². The molecule has 0 unspecified atom stereocenters. The van der Waals surface area contributed by atoms with Gasteiger partial charge in [-0.2, -0.15) is 0 Å². The maximum Gasteiger partial charge on any atom is 0.261 e. The number of ether oxygens (including phenoxy) is 1. The van der Waals surface area contributed by atoms with E-state index in [0.717, 1.165) is 18.8 Å². The summed E-state index contributed by atoms with van der Waals surface area (Å²) in [5.41, 5.74) is 1.93. The second-order valence-electron chi connectivity index (χ2n) is 5.84. The molecule has 1 aliphatic rings. The molecule has 0 radical (unpaired) electrons. The number of morpholine rings is 1. The van der Waals surface area contributed by atoms with Gasteiger partial charge in [0.25, 0.3) is 10.0 Å². The van der Waals surface area contributed by atoms with Crippen molar-refractivity contribution in [2.45, 2.75) is 11.8 Å². The van der Waals surface area contributed by atoms with Crippen LogP contribution in [0.2, 0.25) is 0 Å². The number of hydrogen-bond acceptors (Lipinski definition) is 5. The highest BCUT2D eigenvalue weighted by Gasteiger charge is 2.16. The fourth-order valence-electron chi connectivity index (χ4n) is 2.67. The van der Waals surface area contributed by atoms with Crippen molar-refractivity contribution in [3.63, 3.8) is 0 Å². The molecule has 6 nitrogen and oxygen atoms in total. The number of rotatable bonds is 5. The van der Waals surface area contributed by atoms with Crippen LogP contribution in [0, 0.1) is 0 Å². The summed E-state index contributed by atoms with van der Waals surface area (Å²) in [5.74, 6) is -0.102. The molecule has 132 valence electrons. The minimum absolute atomic E-state index is 0.102. The Hall–Kier alpha value is -2.38. The molecule has 0 aromatic heterocycles. The van der Waals surface area contributed by atoms with Gasteiger partial charge in [-0.3, -0.25) is 9.52 Å². The van der Waals surface area contributed by atoms with Crippen molar-refractivity contribution in [2.24, 2.45) is 0 Å². The predicted molar refractivity (Wildman–Crippen MR) is 96.7 cm³/mol. The van der Waals surface area contributed by atoms with Crippen molar-refractivity contribution in [1.29, 1.82) is 0 Å². The minimum atomic E-state index is -3.71. The second-order valence-corrected chi connectivity index (χ2v) is 7.52. The topological polar surface area (TPSA) is 75.7 Å². The average molecular weight is 360 g/mol. The third kappa shape index (κ3) is 4.18. The predicted octanol–water partition coefficient (Wildman–Crippen LogP) is 2.53. The van der Waals surface area contributed by atoms with Crippen LogP contribution in [0.15, 0.2) is 53.4 Å². The molecule has 3 rings (SSSR count). The molecule has 7 heteroatoms. The molecule has 1 fully saturated rings. The molecule has 0 spiro atoms. The van der Waals surface area contributed by atoms with Gasteiger partial charge in [0.1, 0.15) is 0 Å². The zero-order valence-electron chi connectivity index (χ0n) is 13.9. The summed E-state index contributed by atoms with van der Waals surface area (Å²) >= 11 is 0. The lowest BCUT2D eigenvalue weighted by Crippen LogP contribution is -2.36. The summed E-state index contributed by atoms with van der Waals surface area (Å²) in [7, 11) is -3.71. The van der Waals surface area contributed by atoms with Crippen LogP contribution in [0.4, 0.5) is 11.4 Å². The molecule has 1 heterocycles. The van der Waals surface area contributed by atoms with Crippen molar-refractivity contribution < 1.29 is 17.9 Å². The first kappa shape index (κ1) is 17.4. The zero-order chi connectivity index (χ0) is 17.9. The van der Waals surface area contributed by atoms with Crippen molar-refractivity contribution >= 4 is 27.2 Å². The Labute approximate surface area is 147 Å². The first-order valence-corrected chi connectivity index (χ1v) is 9.51. The van der Waals surface area contributed by atoms with Crippen LogP contribution in [-0.2, 0) is 14.8 Å². The molecule has 1 N–H and O–H groups in total. The first-order valence-electron chi connectivity index (χ1n) is 8.02. The maximum atomic E-state index is 12.5. The maximum absolute atomic E-state index is 12.5. The summed E-state index contributed by atoms with van der Waals surface area (Å²) in [6.45, 7) is 4.33. The fourth-order valence-corrected chi connectivity index (χ4v) is 3.72. The van der Waals surface area contributed by atoms with Crippen LogP contribution in [0.5, 0.6) is 0 Å². The average Bonchev–Trinajstić information content (AvgIpc) is 2.62. The third-order valence-corrected chi connectivity index (χ3v) is 5.44. The van der Waals surface area contributed by atoms with E-state index in [2.05, 4.69) is 9.62 Å². The molecule has 0 saturated carbocycles. The second kappa shape index (κ2) is 7.25. The number of ketones is 1. The van der Waals surface area contributed by atoms with Gasteiger partial charge in [-0.15, -0.1) is 0 Å². The van der Waals surface area contributed by atoms with Crippen molar-refractivity contribution in [1.82, 2.24) is 0 Å². The van der Waals surface area contributed by atoms with Gasteiger partial charge in [0.15, 0.2) is 5.78 Å². The van der Waals surface area contributed by atoms with Crippen LogP contribution in [0.1, 0.15) is 17.3 Å². The Balaban J connectivity index is 1.79. The Bertz CT molecular complexity index is 857. The number of sulfonamides is 1. The van der Waals surface area contributed by atoms with Gasteiger partial charge in [-0.05, 0) is 37.3 Å². The summed E-state index contributed by atoms with van der Waals surface area (Å²) < 4.78 is 33.0. The Kier molecular flexibility index (Phi) is 5.06. The van der Waals surface area contributed by atoms with Crippen LogP contribution < -0.4 is 9.62 Å². The molecule has 0 aliphatic carbocycles. The number of carbonyl (C=O) groups is 1. The number of benzene rings is 2. The molecule has 2 aromatic rings. The van der Waals surface area contributed by atoms with E-state index >= 15 is 0 Å². The number of hydrogen-bond donors (Lipinski definition) is 1. The highest BCUT2D eigenvalue weighted by molar-refractivity contribution is 7.92. The van der Waals surface area contributed by atoms with Gasteiger partial charge < -0.3 is 9.64 Å². The fraction of sp³-hybridized carbons (Fsp3) is 0.278. The normalized spacial score (nSPS) is 15.0. The lowest BCUT2D eigenvalue weighted by Gasteiger charge is -2.29. The van der Waals surface area contributed by atoms with Gasteiger partial charge in [-0.25, -0.2) is 8.42 Å². The molecular formula is C18H20N2O4S. The quantitative estimate of drug-likeness (QED) is 0.829. The molecule has 1 saturated heterocycles. The van der Waals surface area contributed by atoms with E-state index < -0.39 is 10.0 Å². The summed E-state index contributed by atoms with van der Waals surface area (Å²) in [6, 6.07) is 13.2. The van der Waals surface area contributed by atoms with E-state index in [9.17, 15) is 13.2 Å². The van der Waals surface area contributed by atoms with Gasteiger partial charge in [0, 0.05) is 24.3 Å². The van der Waals surface area contributed by atoms with E-state index in [1.165, 1.54) is 31.2 Å². The lowest BCUT2D eigenvalue weighted by molar-refractivity contribution is 0.101. The minimum Gasteiger partial charge on any atom is -0.378 e. The number of Topliss-reactive ketones (excluding diaryl/α,β-unsaturated/α-hetero) is 1. The summed E-state index contributed by atoms with van der Waals surface area (Å²) in [5, 5.41) is 0.